The van der Waals surface area contributed by atoms with Crippen molar-refractivity contribution < 1.29 is 14.5 Å². The summed E-state index contributed by atoms with van der Waals surface area (Å²) in [5, 5.41) is 18.8. The van der Waals surface area contributed by atoms with Gasteiger partial charge in [0.2, 0.25) is 0 Å². The van der Waals surface area contributed by atoms with Gasteiger partial charge in [0, 0.05) is 18.2 Å². The lowest BCUT2D eigenvalue weighted by Crippen LogP contribution is -2.52. The smallest absolute Gasteiger partial charge is 0.138 e. The first-order valence-corrected chi connectivity index (χ1v) is 8.33. The van der Waals surface area contributed by atoms with Crippen LogP contribution < -0.4 is 4.74 Å². The molecule has 1 aliphatic rings. The number of ether oxygens (including phenoxy) is 1. The van der Waals surface area contributed by atoms with Crippen molar-refractivity contribution >= 4 is 11.0 Å². The van der Waals surface area contributed by atoms with Crippen LogP contribution in [0.15, 0.2) is 47.1 Å². The number of aromatic nitrogens is 2. The Morgan fingerprint density at radius 2 is 1.80 bits per heavy atom. The lowest BCUT2D eigenvalue weighted by molar-refractivity contribution is -0.0903. The van der Waals surface area contributed by atoms with Crippen molar-refractivity contribution in [3.63, 3.8) is 0 Å². The largest absolute Gasteiger partial charge is 0.485 e. The molecule has 0 fully saturated rings. The van der Waals surface area contributed by atoms with E-state index in [0.717, 1.165) is 5.56 Å². The number of likely N-dealkylation sites (N-methyl/N-ethyl adjacent to an activating group) is 1. The average Bonchev–Trinajstić information content (AvgIpc) is 3.02. The highest BCUT2D eigenvalue weighted by molar-refractivity contribution is 5.77. The van der Waals surface area contributed by atoms with Gasteiger partial charge >= 0.3 is 0 Å². The number of hydrogen-bond acceptors (Lipinski definition) is 6. The Morgan fingerprint density at radius 3 is 2.52 bits per heavy atom. The van der Waals surface area contributed by atoms with Gasteiger partial charge in [-0.25, -0.2) is 4.63 Å². The van der Waals surface area contributed by atoms with Crippen LogP contribution in [-0.2, 0) is 6.54 Å². The summed E-state index contributed by atoms with van der Waals surface area (Å²) in [5.41, 5.74) is 2.68. The first kappa shape index (κ1) is 16.1. The monoisotopic (exact) mass is 339 g/mol. The second kappa shape index (κ2) is 5.82. The van der Waals surface area contributed by atoms with Crippen LogP contribution in [0.2, 0.25) is 0 Å². The molecule has 25 heavy (non-hydrogen) atoms. The summed E-state index contributed by atoms with van der Waals surface area (Å²) in [6.45, 7) is 4.51. The number of nitrogens with zero attached hydrogens (tertiary/aromatic N) is 3. The third-order valence-corrected chi connectivity index (χ3v) is 4.84. The molecule has 2 aromatic carbocycles. The number of aliphatic hydroxyl groups is 1. The molecule has 0 amide bonds. The molecule has 4 rings (SSSR count). The molecule has 0 aliphatic carbocycles. The van der Waals surface area contributed by atoms with Crippen LogP contribution in [0, 0.1) is 0 Å². The SMILES string of the molecule is CN(Cc1ccccc1)C1c2cc3nonc3cc2OC(C)(C)C1O. The minimum Gasteiger partial charge on any atom is -0.485 e. The predicted molar refractivity (Wildman–Crippen MR) is 93.2 cm³/mol. The second-order valence-electron chi connectivity index (χ2n) is 7.14. The number of rotatable bonds is 3. The van der Waals surface area contributed by atoms with E-state index in [1.165, 1.54) is 5.56 Å². The Balaban J connectivity index is 1.77. The number of benzene rings is 2. The molecule has 0 saturated carbocycles. The summed E-state index contributed by atoms with van der Waals surface area (Å²) < 4.78 is 10.9. The molecule has 130 valence electrons. The number of aliphatic hydroxyl groups excluding tert-OH is 1. The molecule has 1 N–H and O–H groups in total. The lowest BCUT2D eigenvalue weighted by Gasteiger charge is -2.45. The van der Waals surface area contributed by atoms with E-state index >= 15 is 0 Å². The van der Waals surface area contributed by atoms with Crippen molar-refractivity contribution in [2.45, 2.75) is 38.1 Å². The van der Waals surface area contributed by atoms with Crippen LogP contribution in [0.5, 0.6) is 5.75 Å². The molecule has 3 aromatic rings. The third-order valence-electron chi connectivity index (χ3n) is 4.84. The van der Waals surface area contributed by atoms with Gasteiger partial charge in [0.1, 0.15) is 28.5 Å². The maximum absolute atomic E-state index is 11.0. The number of fused-ring (bicyclic) bond motifs is 2. The van der Waals surface area contributed by atoms with Crippen molar-refractivity contribution in [3.8, 4) is 5.75 Å². The molecule has 0 bridgehead atoms. The Morgan fingerprint density at radius 1 is 1.12 bits per heavy atom. The van der Waals surface area contributed by atoms with Crippen molar-refractivity contribution in [2.75, 3.05) is 7.05 Å². The fourth-order valence-electron chi connectivity index (χ4n) is 3.49. The van der Waals surface area contributed by atoms with Gasteiger partial charge < -0.3 is 9.84 Å². The van der Waals surface area contributed by atoms with Gasteiger partial charge in [-0.3, -0.25) is 4.90 Å². The van der Waals surface area contributed by atoms with E-state index in [1.54, 1.807) is 0 Å². The first-order chi connectivity index (χ1) is 12.0. The topological polar surface area (TPSA) is 71.6 Å². The van der Waals surface area contributed by atoms with Crippen LogP contribution in [0.25, 0.3) is 11.0 Å². The predicted octanol–water partition coefficient (Wildman–Crippen LogP) is 2.93. The zero-order valence-electron chi connectivity index (χ0n) is 14.5. The summed E-state index contributed by atoms with van der Waals surface area (Å²) in [5.74, 6) is 0.711. The highest BCUT2D eigenvalue weighted by atomic mass is 16.6. The molecular weight excluding hydrogens is 318 g/mol. The van der Waals surface area contributed by atoms with Gasteiger partial charge in [-0.15, -0.1) is 0 Å². The van der Waals surface area contributed by atoms with E-state index in [0.29, 0.717) is 23.3 Å². The summed E-state index contributed by atoms with van der Waals surface area (Å²) in [7, 11) is 2.01. The van der Waals surface area contributed by atoms with E-state index < -0.39 is 11.7 Å². The normalized spacial score (nSPS) is 22.0. The van der Waals surface area contributed by atoms with E-state index in [-0.39, 0.29) is 6.04 Å². The fourth-order valence-corrected chi connectivity index (χ4v) is 3.49. The molecule has 6 nitrogen and oxygen atoms in total. The molecule has 2 unspecified atom stereocenters. The van der Waals surface area contributed by atoms with E-state index in [4.69, 9.17) is 9.37 Å². The van der Waals surface area contributed by atoms with Crippen LogP contribution in [0.4, 0.5) is 0 Å². The molecule has 0 saturated heterocycles. The Bertz CT molecular complexity index is 891. The van der Waals surface area contributed by atoms with E-state index in [9.17, 15) is 5.11 Å². The van der Waals surface area contributed by atoms with Crippen LogP contribution in [0.1, 0.15) is 31.0 Å². The summed E-state index contributed by atoms with van der Waals surface area (Å²) in [6, 6.07) is 13.7. The minimum atomic E-state index is -0.715. The van der Waals surface area contributed by atoms with Crippen molar-refractivity contribution in [2.24, 2.45) is 0 Å². The standard InChI is InChI=1S/C19H21N3O3/c1-19(2)18(23)17(22(3)11-12-7-5-4-6-8-12)13-9-14-15(21-25-20-14)10-16(13)24-19/h4-10,17-18,23H,11H2,1-3H3. The third kappa shape index (κ3) is 2.77. The van der Waals surface area contributed by atoms with Crippen molar-refractivity contribution in [1.82, 2.24) is 15.2 Å². The minimum absolute atomic E-state index is 0.222. The van der Waals surface area contributed by atoms with Gasteiger partial charge in [-0.2, -0.15) is 0 Å². The van der Waals surface area contributed by atoms with Gasteiger partial charge in [0.25, 0.3) is 0 Å². The Kier molecular flexibility index (Phi) is 3.74. The molecule has 1 aliphatic heterocycles. The van der Waals surface area contributed by atoms with Gasteiger partial charge in [-0.1, -0.05) is 30.3 Å². The molecule has 2 heterocycles. The molecule has 6 heteroatoms. The molecular formula is C19H21N3O3. The van der Waals surface area contributed by atoms with Crippen molar-refractivity contribution in [3.05, 3.63) is 53.6 Å². The maximum Gasteiger partial charge on any atom is 0.138 e. The highest BCUT2D eigenvalue weighted by Crippen LogP contribution is 2.44. The summed E-state index contributed by atoms with van der Waals surface area (Å²) in [6.07, 6.45) is -0.689. The Labute approximate surface area is 146 Å². The zero-order chi connectivity index (χ0) is 17.6. The maximum atomic E-state index is 11.0. The van der Waals surface area contributed by atoms with E-state index in [2.05, 4.69) is 27.3 Å². The van der Waals surface area contributed by atoms with Gasteiger partial charge in [-0.05, 0) is 42.8 Å². The van der Waals surface area contributed by atoms with Gasteiger partial charge in [0.15, 0.2) is 0 Å². The van der Waals surface area contributed by atoms with E-state index in [1.807, 2.05) is 51.2 Å². The lowest BCUT2D eigenvalue weighted by atomic mass is 9.85. The van der Waals surface area contributed by atoms with Crippen LogP contribution in [0.3, 0.4) is 0 Å². The molecule has 2 atom stereocenters. The van der Waals surface area contributed by atoms with Crippen LogP contribution in [-0.4, -0.2) is 39.1 Å². The zero-order valence-corrected chi connectivity index (χ0v) is 14.5. The summed E-state index contributed by atoms with van der Waals surface area (Å²) >= 11 is 0. The first-order valence-electron chi connectivity index (χ1n) is 8.33. The second-order valence-corrected chi connectivity index (χ2v) is 7.14. The summed E-state index contributed by atoms with van der Waals surface area (Å²) in [4.78, 5) is 2.14. The molecule has 0 radical (unpaired) electrons. The molecule has 1 aromatic heterocycles. The number of hydrogen-bond donors (Lipinski definition) is 1. The quantitative estimate of drug-likeness (QED) is 0.791. The Hall–Kier alpha value is -2.44. The highest BCUT2D eigenvalue weighted by Gasteiger charge is 2.45. The van der Waals surface area contributed by atoms with Crippen LogP contribution >= 0.6 is 0 Å². The van der Waals surface area contributed by atoms with Gasteiger partial charge in [0.05, 0.1) is 6.04 Å². The average molecular weight is 339 g/mol. The molecule has 0 spiro atoms. The van der Waals surface area contributed by atoms with Crippen molar-refractivity contribution in [1.29, 1.82) is 0 Å². The fraction of sp³-hybridized carbons (Fsp3) is 0.368.